The van der Waals surface area contributed by atoms with E-state index in [-0.39, 0.29) is 0 Å². The average Bonchev–Trinajstić information content (AvgIpc) is 3.11. The van der Waals surface area contributed by atoms with Crippen LogP contribution in [0, 0.1) is 0 Å². The predicted octanol–water partition coefficient (Wildman–Crippen LogP) is 4.48. The molecule has 0 aliphatic heterocycles. The van der Waals surface area contributed by atoms with Gasteiger partial charge in [0.05, 0.1) is 19.4 Å². The van der Waals surface area contributed by atoms with E-state index in [0.29, 0.717) is 13.1 Å². The Kier molecular flexibility index (Phi) is 3.90. The summed E-state index contributed by atoms with van der Waals surface area (Å²) >= 11 is 5.87. The first-order valence-corrected chi connectivity index (χ1v) is 6.77. The van der Waals surface area contributed by atoms with Crippen LogP contribution in [0.1, 0.15) is 11.5 Å². The van der Waals surface area contributed by atoms with E-state index in [1.54, 1.807) is 6.26 Å². The molecule has 1 N–H and O–H groups in total. The van der Waals surface area contributed by atoms with Crippen molar-refractivity contribution in [2.45, 2.75) is 13.1 Å². The fraction of sp³-hybridized carbons (Fsp3) is 0.125. The fourth-order valence-corrected chi connectivity index (χ4v) is 2.09. The molecule has 0 atom stereocenters. The lowest BCUT2D eigenvalue weighted by Gasteiger charge is -2.00. The first-order chi connectivity index (χ1) is 9.81. The van der Waals surface area contributed by atoms with Gasteiger partial charge in [0.25, 0.3) is 0 Å². The first-order valence-electron chi connectivity index (χ1n) is 6.39. The second kappa shape index (κ2) is 5.99. The van der Waals surface area contributed by atoms with Crippen molar-refractivity contribution in [1.82, 2.24) is 5.32 Å². The molecule has 0 fully saturated rings. The summed E-state index contributed by atoms with van der Waals surface area (Å²) in [5, 5.41) is 3.99. The molecule has 0 saturated carbocycles. The number of rotatable bonds is 5. The molecule has 2 aromatic heterocycles. The van der Waals surface area contributed by atoms with Gasteiger partial charge in [-0.25, -0.2) is 0 Å². The number of hydrogen-bond donors (Lipinski definition) is 1. The van der Waals surface area contributed by atoms with E-state index in [2.05, 4.69) is 5.32 Å². The van der Waals surface area contributed by atoms with Crippen LogP contribution in [0.25, 0.3) is 11.3 Å². The molecular formula is C16H14ClNO2. The third-order valence-corrected chi connectivity index (χ3v) is 3.22. The van der Waals surface area contributed by atoms with E-state index in [9.17, 15) is 0 Å². The summed E-state index contributed by atoms with van der Waals surface area (Å²) in [6.07, 6.45) is 1.67. The molecule has 102 valence electrons. The molecule has 1 aromatic carbocycles. The molecular weight excluding hydrogens is 274 g/mol. The molecule has 3 nitrogen and oxygen atoms in total. The van der Waals surface area contributed by atoms with Crippen molar-refractivity contribution >= 4 is 11.6 Å². The first kappa shape index (κ1) is 13.0. The lowest BCUT2D eigenvalue weighted by molar-refractivity contribution is 0.455. The third-order valence-electron chi connectivity index (χ3n) is 2.97. The van der Waals surface area contributed by atoms with Crippen LogP contribution >= 0.6 is 11.6 Å². The van der Waals surface area contributed by atoms with Gasteiger partial charge in [-0.15, -0.1) is 0 Å². The van der Waals surface area contributed by atoms with E-state index in [1.807, 2.05) is 48.5 Å². The molecule has 0 bridgehead atoms. The van der Waals surface area contributed by atoms with Crippen LogP contribution in [-0.4, -0.2) is 0 Å². The molecule has 4 heteroatoms. The number of nitrogens with one attached hydrogen (secondary N) is 1. The molecule has 0 aliphatic carbocycles. The van der Waals surface area contributed by atoms with Crippen LogP contribution in [0.3, 0.4) is 0 Å². The molecule has 3 aromatic rings. The highest BCUT2D eigenvalue weighted by Crippen LogP contribution is 2.23. The monoisotopic (exact) mass is 287 g/mol. The number of benzene rings is 1. The summed E-state index contributed by atoms with van der Waals surface area (Å²) < 4.78 is 11.0. The van der Waals surface area contributed by atoms with Crippen LogP contribution in [-0.2, 0) is 13.1 Å². The molecule has 2 heterocycles. The number of furan rings is 2. The summed E-state index contributed by atoms with van der Waals surface area (Å²) in [6.45, 7) is 1.35. The molecule has 20 heavy (non-hydrogen) atoms. The third kappa shape index (κ3) is 3.13. The minimum absolute atomic E-state index is 0.661. The summed E-state index contributed by atoms with van der Waals surface area (Å²) in [4.78, 5) is 0. The van der Waals surface area contributed by atoms with Crippen LogP contribution in [0.5, 0.6) is 0 Å². The van der Waals surface area contributed by atoms with Gasteiger partial charge in [0.2, 0.25) is 0 Å². The minimum Gasteiger partial charge on any atom is -0.468 e. The van der Waals surface area contributed by atoms with Gasteiger partial charge in [0.1, 0.15) is 17.3 Å². The topological polar surface area (TPSA) is 38.3 Å². The van der Waals surface area contributed by atoms with Crippen molar-refractivity contribution in [3.8, 4) is 11.3 Å². The predicted molar refractivity (Wildman–Crippen MR) is 78.4 cm³/mol. The number of hydrogen-bond acceptors (Lipinski definition) is 3. The van der Waals surface area contributed by atoms with E-state index in [4.69, 9.17) is 20.4 Å². The zero-order valence-corrected chi connectivity index (χ0v) is 11.6. The van der Waals surface area contributed by atoms with Crippen molar-refractivity contribution < 1.29 is 8.83 Å². The lowest BCUT2D eigenvalue weighted by Crippen LogP contribution is -2.11. The van der Waals surface area contributed by atoms with Gasteiger partial charge in [0.15, 0.2) is 0 Å². The Bertz CT molecular complexity index is 656. The highest BCUT2D eigenvalue weighted by molar-refractivity contribution is 6.30. The second-order valence-corrected chi connectivity index (χ2v) is 4.89. The van der Waals surface area contributed by atoms with Gasteiger partial charge in [-0.2, -0.15) is 0 Å². The van der Waals surface area contributed by atoms with E-state index in [1.165, 1.54) is 0 Å². The van der Waals surface area contributed by atoms with E-state index >= 15 is 0 Å². The van der Waals surface area contributed by atoms with Crippen molar-refractivity contribution in [2.75, 3.05) is 0 Å². The SMILES string of the molecule is Clc1ccc(-c2ccc(CNCc3ccco3)o2)cc1. The van der Waals surface area contributed by atoms with Crippen molar-refractivity contribution in [1.29, 1.82) is 0 Å². The van der Waals surface area contributed by atoms with Gasteiger partial charge in [-0.1, -0.05) is 11.6 Å². The molecule has 0 radical (unpaired) electrons. The highest BCUT2D eigenvalue weighted by atomic mass is 35.5. The molecule has 0 spiro atoms. The summed E-state index contributed by atoms with van der Waals surface area (Å²) in [6, 6.07) is 15.4. The average molecular weight is 288 g/mol. The maximum Gasteiger partial charge on any atom is 0.134 e. The van der Waals surface area contributed by atoms with Crippen LogP contribution in [0.4, 0.5) is 0 Å². The minimum atomic E-state index is 0.661. The molecule has 0 amide bonds. The summed E-state index contributed by atoms with van der Waals surface area (Å²) in [5.74, 6) is 2.65. The lowest BCUT2D eigenvalue weighted by atomic mass is 10.2. The molecule has 0 aliphatic rings. The number of halogens is 1. The Hall–Kier alpha value is -1.97. The van der Waals surface area contributed by atoms with Gasteiger partial charge < -0.3 is 14.2 Å². The van der Waals surface area contributed by atoms with Crippen LogP contribution in [0.15, 0.2) is 63.6 Å². The van der Waals surface area contributed by atoms with Crippen molar-refractivity contribution in [3.05, 3.63) is 71.3 Å². The molecule has 3 rings (SSSR count). The zero-order valence-electron chi connectivity index (χ0n) is 10.8. The van der Waals surface area contributed by atoms with Gasteiger partial charge in [-0.05, 0) is 48.5 Å². The van der Waals surface area contributed by atoms with Crippen molar-refractivity contribution in [3.63, 3.8) is 0 Å². The summed E-state index contributed by atoms with van der Waals surface area (Å²) in [5.41, 5.74) is 1.02. The maximum atomic E-state index is 5.87. The maximum absolute atomic E-state index is 5.87. The highest BCUT2D eigenvalue weighted by Gasteiger charge is 2.05. The van der Waals surface area contributed by atoms with Gasteiger partial charge in [0, 0.05) is 10.6 Å². The summed E-state index contributed by atoms with van der Waals surface area (Å²) in [7, 11) is 0. The Morgan fingerprint density at radius 2 is 1.70 bits per heavy atom. The standard InChI is InChI=1S/C16H14ClNO2/c17-13-5-3-12(4-6-13)16-8-7-15(20-16)11-18-10-14-2-1-9-19-14/h1-9,18H,10-11H2. The van der Waals surface area contributed by atoms with Gasteiger partial charge >= 0.3 is 0 Å². The molecule has 0 saturated heterocycles. The Morgan fingerprint density at radius 1 is 0.900 bits per heavy atom. The Labute approximate surface area is 122 Å². The Balaban J connectivity index is 1.60. The second-order valence-electron chi connectivity index (χ2n) is 4.46. The van der Waals surface area contributed by atoms with E-state index < -0.39 is 0 Å². The Morgan fingerprint density at radius 3 is 2.45 bits per heavy atom. The molecule has 0 unspecified atom stereocenters. The van der Waals surface area contributed by atoms with E-state index in [0.717, 1.165) is 27.9 Å². The quantitative estimate of drug-likeness (QED) is 0.752. The van der Waals surface area contributed by atoms with Crippen LogP contribution in [0.2, 0.25) is 5.02 Å². The normalized spacial score (nSPS) is 10.8. The van der Waals surface area contributed by atoms with Crippen LogP contribution < -0.4 is 5.32 Å². The van der Waals surface area contributed by atoms with Gasteiger partial charge in [-0.3, -0.25) is 0 Å². The van der Waals surface area contributed by atoms with Crippen molar-refractivity contribution in [2.24, 2.45) is 0 Å². The zero-order chi connectivity index (χ0) is 13.8. The smallest absolute Gasteiger partial charge is 0.134 e. The fourth-order valence-electron chi connectivity index (χ4n) is 1.96. The largest absolute Gasteiger partial charge is 0.468 e.